The van der Waals surface area contributed by atoms with Crippen LogP contribution in [0.15, 0.2) is 48.6 Å². The SMILES string of the molecule is CC[C@H]1OC(=O)C[C@@H](O)[C@H](C)[C@@H](O[C@@H]2O[C@H](C)[C@@H](OC/C=C/c3cncnc3)[C@H](N(C)C)[C@H]2O)[C@@H](CC=O)C[C@@H](C)C(=O)/C=C/C(C)=C/[C@@H]1C#N. The number of carbonyl (C=O) groups is 3. The number of nitriles is 1. The minimum Gasteiger partial charge on any atom is -0.461 e. The summed E-state index contributed by atoms with van der Waals surface area (Å²) < 4.78 is 24.7. The minimum absolute atomic E-state index is 0.00575. The first-order valence-corrected chi connectivity index (χ1v) is 17.6. The van der Waals surface area contributed by atoms with Crippen molar-refractivity contribution in [2.45, 2.75) is 109 Å². The van der Waals surface area contributed by atoms with Gasteiger partial charge in [0.2, 0.25) is 0 Å². The lowest BCUT2D eigenvalue weighted by Gasteiger charge is -2.48. The number of hydrogen-bond acceptors (Lipinski definition) is 13. The summed E-state index contributed by atoms with van der Waals surface area (Å²) in [5.74, 6) is -3.53. The molecule has 3 rings (SSSR count). The number of aldehydes is 1. The standard InChI is InChI=1S/C38H54N4O9/c1-8-32-29(19-39)16-23(2)11-12-30(44)24(3)17-28(13-14-43)36(25(4)31(45)18-33(46)50-32)51-38-35(47)34(42(6)7)37(26(5)49-38)48-15-9-10-27-20-40-22-41-21-27/h9-12,14,16,20-22,24-26,28-29,31-32,34-38,45,47H,8,13,15,17-18H2,1-7H3/b10-9+,12-11+,23-16+/t24-,25+,26-,28+,29-,31-,32-,34-,35-,36-,37-,38+/m1/s1. The number of aliphatic hydroxyl groups is 2. The van der Waals surface area contributed by atoms with Crippen LogP contribution >= 0.6 is 0 Å². The van der Waals surface area contributed by atoms with Crippen LogP contribution in [0.25, 0.3) is 6.08 Å². The summed E-state index contributed by atoms with van der Waals surface area (Å²) in [4.78, 5) is 48.3. The van der Waals surface area contributed by atoms with E-state index < -0.39 is 85.0 Å². The topological polar surface area (TPSA) is 181 Å². The van der Waals surface area contributed by atoms with Gasteiger partial charge in [0, 0.05) is 36.2 Å². The van der Waals surface area contributed by atoms with Gasteiger partial charge < -0.3 is 38.9 Å². The molecule has 13 heteroatoms. The largest absolute Gasteiger partial charge is 0.461 e. The molecule has 3 heterocycles. The van der Waals surface area contributed by atoms with Crippen LogP contribution in [0.1, 0.15) is 65.9 Å². The van der Waals surface area contributed by atoms with Gasteiger partial charge in [0.15, 0.2) is 12.1 Å². The van der Waals surface area contributed by atoms with Gasteiger partial charge in [0.1, 0.15) is 36.8 Å². The Morgan fingerprint density at radius 1 is 1.12 bits per heavy atom. The van der Waals surface area contributed by atoms with E-state index in [0.29, 0.717) is 12.0 Å². The van der Waals surface area contributed by atoms with Crippen LogP contribution in [0.2, 0.25) is 0 Å². The second-order valence-electron chi connectivity index (χ2n) is 13.8. The molecule has 0 aromatic carbocycles. The molecular weight excluding hydrogens is 656 g/mol. The number of aromatic nitrogens is 2. The van der Waals surface area contributed by atoms with Crippen LogP contribution in [0, 0.1) is 35.0 Å². The molecule has 0 saturated carbocycles. The normalized spacial score (nSPS) is 36.2. The summed E-state index contributed by atoms with van der Waals surface area (Å²) in [6, 6.07) is 1.60. The van der Waals surface area contributed by atoms with Gasteiger partial charge in [-0.1, -0.05) is 50.6 Å². The van der Waals surface area contributed by atoms with Gasteiger partial charge in [-0.3, -0.25) is 9.59 Å². The van der Waals surface area contributed by atoms with Gasteiger partial charge in [0.05, 0.1) is 43.5 Å². The van der Waals surface area contributed by atoms with Gasteiger partial charge >= 0.3 is 5.97 Å². The molecule has 0 amide bonds. The van der Waals surface area contributed by atoms with Crippen LogP contribution in [-0.4, -0.2) is 113 Å². The van der Waals surface area contributed by atoms with E-state index >= 15 is 0 Å². The number of esters is 1. The van der Waals surface area contributed by atoms with Gasteiger partial charge in [0.25, 0.3) is 0 Å². The summed E-state index contributed by atoms with van der Waals surface area (Å²) in [6.45, 7) is 9.03. The van der Waals surface area contributed by atoms with Gasteiger partial charge in [-0.15, -0.1) is 0 Å². The zero-order valence-corrected chi connectivity index (χ0v) is 30.7. The highest BCUT2D eigenvalue weighted by atomic mass is 16.7. The highest BCUT2D eigenvalue weighted by Gasteiger charge is 2.48. The Kier molecular flexibility index (Phi) is 16.7. The highest BCUT2D eigenvalue weighted by molar-refractivity contribution is 5.91. The number of hydrogen-bond donors (Lipinski definition) is 2. The Balaban J connectivity index is 1.92. The van der Waals surface area contributed by atoms with Crippen LogP contribution in [0.4, 0.5) is 0 Å². The Morgan fingerprint density at radius 3 is 2.45 bits per heavy atom. The van der Waals surface area contributed by atoms with Crippen molar-refractivity contribution in [1.29, 1.82) is 5.26 Å². The molecule has 2 aliphatic rings. The zero-order valence-electron chi connectivity index (χ0n) is 30.7. The van der Waals surface area contributed by atoms with Crippen molar-refractivity contribution in [1.82, 2.24) is 14.9 Å². The lowest BCUT2D eigenvalue weighted by atomic mass is 9.79. The van der Waals surface area contributed by atoms with Crippen molar-refractivity contribution < 1.29 is 43.5 Å². The highest BCUT2D eigenvalue weighted by Crippen LogP contribution is 2.35. The summed E-state index contributed by atoms with van der Waals surface area (Å²) >= 11 is 0. The number of aliphatic hydroxyl groups excluding tert-OH is 2. The number of carbonyl (C=O) groups excluding carboxylic acids is 3. The molecule has 0 bridgehead atoms. The average molecular weight is 711 g/mol. The van der Waals surface area contributed by atoms with Crippen molar-refractivity contribution in [3.8, 4) is 6.07 Å². The van der Waals surface area contributed by atoms with Crippen LogP contribution in [-0.2, 0) is 33.3 Å². The molecule has 1 saturated heterocycles. The summed E-state index contributed by atoms with van der Waals surface area (Å²) in [5, 5.41) is 33.0. The average Bonchev–Trinajstić information content (AvgIpc) is 3.10. The molecule has 0 unspecified atom stereocenters. The van der Waals surface area contributed by atoms with Gasteiger partial charge in [-0.2, -0.15) is 5.26 Å². The number of cyclic esters (lactones) is 1. The summed E-state index contributed by atoms with van der Waals surface area (Å²) in [5.41, 5.74) is 1.46. The number of likely N-dealkylation sites (N-methyl/N-ethyl adjacent to an activating group) is 1. The lowest BCUT2D eigenvalue weighted by molar-refractivity contribution is -0.308. The van der Waals surface area contributed by atoms with Crippen LogP contribution in [0.5, 0.6) is 0 Å². The Morgan fingerprint density at radius 2 is 1.82 bits per heavy atom. The number of allylic oxidation sites excluding steroid dienone is 3. The van der Waals surface area contributed by atoms with Gasteiger partial charge in [-0.25, -0.2) is 9.97 Å². The molecule has 2 aliphatic heterocycles. The lowest BCUT2D eigenvalue weighted by Crippen LogP contribution is -2.64. The quantitative estimate of drug-likeness (QED) is 0.266. The first kappa shape index (κ1) is 41.8. The number of ketones is 1. The fraction of sp³-hybridized carbons (Fsp3) is 0.632. The Hall–Kier alpha value is -3.64. The molecule has 1 fully saturated rings. The van der Waals surface area contributed by atoms with Crippen LogP contribution < -0.4 is 0 Å². The van der Waals surface area contributed by atoms with E-state index in [-0.39, 0.29) is 25.2 Å². The molecule has 0 radical (unpaired) electrons. The Bertz CT molecular complexity index is 1410. The maximum atomic E-state index is 13.3. The van der Waals surface area contributed by atoms with Crippen molar-refractivity contribution in [3.63, 3.8) is 0 Å². The molecular formula is C38H54N4O9. The number of rotatable bonds is 10. The Labute approximate surface area is 301 Å². The summed E-state index contributed by atoms with van der Waals surface area (Å²) in [6.07, 6.45) is 7.58. The molecule has 1 aromatic heterocycles. The van der Waals surface area contributed by atoms with E-state index in [1.807, 2.05) is 38.1 Å². The van der Waals surface area contributed by atoms with E-state index in [9.17, 15) is 29.9 Å². The molecule has 12 atom stereocenters. The predicted molar refractivity (Wildman–Crippen MR) is 188 cm³/mol. The van der Waals surface area contributed by atoms with E-state index in [1.165, 1.54) is 12.4 Å². The number of ether oxygens (including phenoxy) is 4. The van der Waals surface area contributed by atoms with Crippen molar-refractivity contribution in [3.05, 3.63) is 54.2 Å². The molecule has 13 nitrogen and oxygen atoms in total. The van der Waals surface area contributed by atoms with Gasteiger partial charge in [-0.05, 0) is 52.8 Å². The zero-order chi connectivity index (χ0) is 37.7. The molecule has 2 N–H and O–H groups in total. The first-order chi connectivity index (χ1) is 24.3. The second kappa shape index (κ2) is 20.4. The molecule has 1 aromatic rings. The van der Waals surface area contributed by atoms with E-state index in [1.54, 1.807) is 52.2 Å². The number of nitrogens with zero attached hydrogens (tertiary/aromatic N) is 4. The molecule has 51 heavy (non-hydrogen) atoms. The third-order valence-electron chi connectivity index (χ3n) is 9.63. The monoisotopic (exact) mass is 710 g/mol. The maximum absolute atomic E-state index is 13.3. The molecule has 0 spiro atoms. The molecule has 0 aliphatic carbocycles. The third-order valence-corrected chi connectivity index (χ3v) is 9.63. The fourth-order valence-corrected chi connectivity index (χ4v) is 6.72. The first-order valence-electron chi connectivity index (χ1n) is 17.6. The maximum Gasteiger partial charge on any atom is 0.308 e. The fourth-order valence-electron chi connectivity index (χ4n) is 6.72. The van der Waals surface area contributed by atoms with Crippen molar-refractivity contribution in [2.24, 2.45) is 23.7 Å². The molecule has 280 valence electrons. The van der Waals surface area contributed by atoms with Crippen molar-refractivity contribution in [2.75, 3.05) is 20.7 Å². The van der Waals surface area contributed by atoms with E-state index in [2.05, 4.69) is 16.0 Å². The van der Waals surface area contributed by atoms with E-state index in [4.69, 9.17) is 18.9 Å². The minimum atomic E-state index is -1.29. The predicted octanol–water partition coefficient (Wildman–Crippen LogP) is 3.46. The van der Waals surface area contributed by atoms with Crippen molar-refractivity contribution >= 4 is 24.1 Å². The second-order valence-corrected chi connectivity index (χ2v) is 13.8. The smallest absolute Gasteiger partial charge is 0.308 e. The summed E-state index contributed by atoms with van der Waals surface area (Å²) in [7, 11) is 3.63. The van der Waals surface area contributed by atoms with E-state index in [0.717, 1.165) is 11.8 Å². The van der Waals surface area contributed by atoms with Crippen LogP contribution in [0.3, 0.4) is 0 Å². The third kappa shape index (κ3) is 12.0.